The van der Waals surface area contributed by atoms with Crippen LogP contribution in [0.1, 0.15) is 20.8 Å². The van der Waals surface area contributed by atoms with Crippen LogP contribution in [0.4, 0.5) is 14.9 Å². The lowest BCUT2D eigenvalue weighted by molar-refractivity contribution is 0.0636. The summed E-state index contributed by atoms with van der Waals surface area (Å²) in [5.41, 5.74) is -2.08. The lowest BCUT2D eigenvalue weighted by atomic mass is 10.2. The third kappa shape index (κ3) is 4.05. The minimum Gasteiger partial charge on any atom is -0.444 e. The number of nitrogens with zero attached hydrogens (tertiary/aromatic N) is 1. The second-order valence-electron chi connectivity index (χ2n) is 6.71. The molecule has 1 heterocycles. The van der Waals surface area contributed by atoms with Gasteiger partial charge in [0.15, 0.2) is 0 Å². The summed E-state index contributed by atoms with van der Waals surface area (Å²) in [6.07, 6.45) is -0.935. The molecule has 0 saturated carbocycles. The molecule has 0 fully saturated rings. The maximum Gasteiger partial charge on any atom is 0.412 e. The highest BCUT2D eigenvalue weighted by Crippen LogP contribution is 2.48. The molecule has 0 saturated heterocycles. The van der Waals surface area contributed by atoms with E-state index in [1.165, 1.54) is 19.2 Å². The lowest BCUT2D eigenvalue weighted by Crippen LogP contribution is -2.35. The highest BCUT2D eigenvalue weighted by atomic mass is 31.2. The van der Waals surface area contributed by atoms with Gasteiger partial charge in [-0.05, 0) is 26.8 Å². The smallest absolute Gasteiger partial charge is 0.412 e. The Morgan fingerprint density at radius 1 is 1.22 bits per heavy atom. The summed E-state index contributed by atoms with van der Waals surface area (Å²) in [7, 11) is -0.447. The van der Waals surface area contributed by atoms with E-state index in [9.17, 15) is 18.5 Å². The molecule has 0 bridgehead atoms. The van der Waals surface area contributed by atoms with E-state index in [2.05, 4.69) is 5.32 Å². The molecule has 27 heavy (non-hydrogen) atoms. The Morgan fingerprint density at radius 2 is 1.81 bits per heavy atom. The van der Waals surface area contributed by atoms with Crippen molar-refractivity contribution < 1.29 is 27.5 Å². The Morgan fingerprint density at radius 3 is 2.33 bits per heavy atom. The molecule has 0 spiro atoms. The third-order valence-corrected chi connectivity index (χ3v) is 5.69. The summed E-state index contributed by atoms with van der Waals surface area (Å²) in [5, 5.41) is 2.18. The zero-order chi connectivity index (χ0) is 20.6. The molecule has 0 radical (unpaired) electrons. The van der Waals surface area contributed by atoms with Gasteiger partial charge in [-0.25, -0.2) is 9.18 Å². The number of nitrogens with one attached hydrogen (secondary N) is 1. The summed E-state index contributed by atoms with van der Waals surface area (Å²) in [5.74, 6) is -0.698. The second kappa shape index (κ2) is 7.42. The topological polar surface area (TPSA) is 95.9 Å². The molecule has 10 heteroatoms. The number of halogens is 1. The molecule has 1 amide bonds. The van der Waals surface area contributed by atoms with Crippen LogP contribution in [-0.4, -0.2) is 30.5 Å². The van der Waals surface area contributed by atoms with Gasteiger partial charge in [0.25, 0.3) is 5.56 Å². The fourth-order valence-corrected chi connectivity index (χ4v) is 4.03. The number of amides is 1. The summed E-state index contributed by atoms with van der Waals surface area (Å²) >= 11 is 0. The Labute approximate surface area is 155 Å². The second-order valence-corrected chi connectivity index (χ2v) is 8.89. The standard InChI is InChI=1S/C17H22FN2O6P/c1-17(2,3)26-16(22)19-12-14(27(23,24-5)25-6)10-8-7-9-11(18)13(10)20(4)15(12)21/h7-9H,1-6H3,(H,19,22). The minimum absolute atomic E-state index is 0.0958. The van der Waals surface area contributed by atoms with E-state index >= 15 is 0 Å². The van der Waals surface area contributed by atoms with Crippen LogP contribution in [0.3, 0.4) is 0 Å². The molecule has 1 aromatic carbocycles. The number of hydrogen-bond donors (Lipinski definition) is 1. The quantitative estimate of drug-likeness (QED) is 0.793. The zero-order valence-corrected chi connectivity index (χ0v) is 16.8. The van der Waals surface area contributed by atoms with Crippen LogP contribution in [0, 0.1) is 5.82 Å². The van der Waals surface area contributed by atoms with Gasteiger partial charge in [-0.3, -0.25) is 14.7 Å². The maximum absolute atomic E-state index is 14.4. The number of hydrogen-bond acceptors (Lipinski definition) is 6. The van der Waals surface area contributed by atoms with E-state index < -0.39 is 30.7 Å². The Bertz CT molecular complexity index is 988. The maximum atomic E-state index is 14.4. The number of anilines is 1. The third-order valence-electron chi connectivity index (χ3n) is 3.71. The van der Waals surface area contributed by atoms with Crippen molar-refractivity contribution in [3.05, 3.63) is 34.4 Å². The first kappa shape index (κ1) is 21.1. The first-order valence-corrected chi connectivity index (χ1v) is 9.52. The first-order chi connectivity index (χ1) is 12.4. The van der Waals surface area contributed by atoms with Crippen LogP contribution in [0.25, 0.3) is 10.9 Å². The van der Waals surface area contributed by atoms with E-state index in [-0.39, 0.29) is 21.9 Å². The number of pyridine rings is 1. The summed E-state index contributed by atoms with van der Waals surface area (Å²) in [4.78, 5) is 25.1. The number of fused-ring (bicyclic) bond motifs is 1. The van der Waals surface area contributed by atoms with E-state index in [0.717, 1.165) is 24.9 Å². The summed E-state index contributed by atoms with van der Waals surface area (Å²) < 4.78 is 43.7. The number of benzene rings is 1. The van der Waals surface area contributed by atoms with Crippen LogP contribution in [0.15, 0.2) is 23.0 Å². The van der Waals surface area contributed by atoms with Gasteiger partial charge in [0.05, 0.1) is 5.52 Å². The van der Waals surface area contributed by atoms with Crippen molar-refractivity contribution in [2.45, 2.75) is 26.4 Å². The number of rotatable bonds is 4. The van der Waals surface area contributed by atoms with Crippen molar-refractivity contribution in [1.29, 1.82) is 0 Å². The van der Waals surface area contributed by atoms with E-state index in [0.29, 0.717) is 0 Å². The average molecular weight is 400 g/mol. The molecule has 0 atom stereocenters. The van der Waals surface area contributed by atoms with Gasteiger partial charge in [0.1, 0.15) is 22.4 Å². The largest absolute Gasteiger partial charge is 0.444 e. The molecule has 0 aliphatic heterocycles. The van der Waals surface area contributed by atoms with E-state index in [4.69, 9.17) is 13.8 Å². The predicted octanol–water partition coefficient (Wildman–Crippen LogP) is 3.14. The predicted molar refractivity (Wildman–Crippen MR) is 100 cm³/mol. The van der Waals surface area contributed by atoms with Crippen molar-refractivity contribution in [2.24, 2.45) is 7.05 Å². The fourth-order valence-electron chi connectivity index (χ4n) is 2.61. The van der Waals surface area contributed by atoms with Crippen molar-refractivity contribution in [3.63, 3.8) is 0 Å². The van der Waals surface area contributed by atoms with Crippen LogP contribution in [0.5, 0.6) is 0 Å². The Kier molecular flexibility index (Phi) is 5.79. The average Bonchev–Trinajstić information content (AvgIpc) is 2.57. The summed E-state index contributed by atoms with van der Waals surface area (Å²) in [6, 6.07) is 4.01. The molecule has 1 N–H and O–H groups in total. The van der Waals surface area contributed by atoms with Gasteiger partial charge in [0.2, 0.25) is 0 Å². The molecule has 0 aliphatic carbocycles. The van der Waals surface area contributed by atoms with Crippen molar-refractivity contribution in [2.75, 3.05) is 19.5 Å². The van der Waals surface area contributed by atoms with Crippen molar-refractivity contribution in [1.82, 2.24) is 4.57 Å². The molecule has 8 nitrogen and oxygen atoms in total. The van der Waals surface area contributed by atoms with Gasteiger partial charge < -0.3 is 18.4 Å². The molecule has 2 rings (SSSR count). The molecule has 148 valence electrons. The van der Waals surface area contributed by atoms with Crippen LogP contribution in [-0.2, 0) is 25.4 Å². The minimum atomic E-state index is -4.04. The van der Waals surface area contributed by atoms with Gasteiger partial charge in [-0.1, -0.05) is 12.1 Å². The molecule has 0 aliphatic rings. The Balaban J connectivity index is 2.87. The van der Waals surface area contributed by atoms with Crippen molar-refractivity contribution in [3.8, 4) is 0 Å². The zero-order valence-electron chi connectivity index (χ0n) is 16.0. The molecule has 1 aromatic heterocycles. The molecule has 2 aromatic rings. The SMILES string of the molecule is COP(=O)(OC)c1c(NC(=O)OC(C)(C)C)c(=O)n(C)c2c(F)cccc12. The van der Waals surface area contributed by atoms with Crippen molar-refractivity contribution >= 4 is 35.6 Å². The molecular weight excluding hydrogens is 378 g/mol. The molecular formula is C17H22FN2O6P. The van der Waals surface area contributed by atoms with Crippen LogP contribution >= 0.6 is 7.60 Å². The van der Waals surface area contributed by atoms with Gasteiger partial charge >= 0.3 is 13.7 Å². The number of carbonyl (C=O) groups is 1. The van der Waals surface area contributed by atoms with Crippen LogP contribution in [0.2, 0.25) is 0 Å². The Hall–Kier alpha value is -2.22. The summed E-state index contributed by atoms with van der Waals surface area (Å²) in [6.45, 7) is 4.95. The van der Waals surface area contributed by atoms with Gasteiger partial charge in [-0.2, -0.15) is 0 Å². The van der Waals surface area contributed by atoms with E-state index in [1.54, 1.807) is 20.8 Å². The number of aromatic nitrogens is 1. The monoisotopic (exact) mass is 400 g/mol. The molecule has 0 unspecified atom stereocenters. The van der Waals surface area contributed by atoms with Crippen LogP contribution < -0.4 is 16.2 Å². The number of ether oxygens (including phenoxy) is 1. The van der Waals surface area contributed by atoms with Gasteiger partial charge in [-0.15, -0.1) is 0 Å². The number of para-hydroxylation sites is 1. The highest BCUT2D eigenvalue weighted by Gasteiger charge is 2.35. The normalized spacial score (nSPS) is 12.3. The lowest BCUT2D eigenvalue weighted by Gasteiger charge is -2.23. The van der Waals surface area contributed by atoms with E-state index in [1.807, 2.05) is 0 Å². The van der Waals surface area contributed by atoms with Gasteiger partial charge in [0, 0.05) is 26.7 Å². The fraction of sp³-hybridized carbons (Fsp3) is 0.412. The number of aryl methyl sites for hydroxylation is 1. The number of carbonyl (C=O) groups excluding carboxylic acids is 1. The first-order valence-electron chi connectivity index (χ1n) is 7.98. The highest BCUT2D eigenvalue weighted by molar-refractivity contribution is 7.63.